The van der Waals surface area contributed by atoms with Gasteiger partial charge in [-0.15, -0.1) is 0 Å². The Morgan fingerprint density at radius 1 is 1.42 bits per heavy atom. The van der Waals surface area contributed by atoms with Gasteiger partial charge in [-0.3, -0.25) is 0 Å². The van der Waals surface area contributed by atoms with Gasteiger partial charge in [0.1, 0.15) is 5.82 Å². The van der Waals surface area contributed by atoms with Gasteiger partial charge in [0.25, 0.3) is 0 Å². The lowest BCUT2D eigenvalue weighted by molar-refractivity contribution is 0.0945. The number of nitrogen functional groups attached to an aromatic ring is 1. The number of nitrogens with zero attached hydrogens (tertiary/aromatic N) is 2. The van der Waals surface area contributed by atoms with Crippen LogP contribution in [0.2, 0.25) is 0 Å². The van der Waals surface area contributed by atoms with Crippen molar-refractivity contribution in [3.63, 3.8) is 0 Å². The Morgan fingerprint density at radius 2 is 2.26 bits per heavy atom. The van der Waals surface area contributed by atoms with Crippen molar-refractivity contribution in [1.82, 2.24) is 9.55 Å². The molecule has 0 saturated carbocycles. The monoisotopic (exact) mass is 261 g/mol. The van der Waals surface area contributed by atoms with E-state index in [-0.39, 0.29) is 18.0 Å². The summed E-state index contributed by atoms with van der Waals surface area (Å²) in [6, 6.07) is 3.54. The number of aromatic nitrogens is 2. The maximum Gasteiger partial charge on any atom is 0.201 e. The van der Waals surface area contributed by atoms with E-state index in [1.165, 1.54) is 6.07 Å². The number of fused-ring (bicyclic) bond motifs is 3. The fourth-order valence-electron chi connectivity index (χ4n) is 3.47. The number of aryl methyl sites for hydroxylation is 1. The van der Waals surface area contributed by atoms with Crippen LogP contribution in [0.3, 0.4) is 0 Å². The van der Waals surface area contributed by atoms with Crippen LogP contribution >= 0.6 is 0 Å². The molecular weight excluding hydrogens is 245 g/mol. The molecule has 2 aliphatic rings. The van der Waals surface area contributed by atoms with E-state index in [9.17, 15) is 4.39 Å². The van der Waals surface area contributed by atoms with Crippen LogP contribution in [0.25, 0.3) is 11.0 Å². The second kappa shape index (κ2) is 3.70. The van der Waals surface area contributed by atoms with Crippen molar-refractivity contribution in [1.29, 1.82) is 0 Å². The molecule has 4 nitrogen and oxygen atoms in total. The summed E-state index contributed by atoms with van der Waals surface area (Å²) in [7, 11) is 0. The highest BCUT2D eigenvalue weighted by molar-refractivity contribution is 5.79. The molecule has 0 aliphatic carbocycles. The second-order valence-electron chi connectivity index (χ2n) is 5.61. The molecule has 2 bridgehead atoms. The van der Waals surface area contributed by atoms with Crippen LogP contribution in [0.4, 0.5) is 10.3 Å². The van der Waals surface area contributed by atoms with E-state index in [0.29, 0.717) is 23.1 Å². The van der Waals surface area contributed by atoms with Crippen LogP contribution in [0.5, 0.6) is 0 Å². The third-order valence-corrected chi connectivity index (χ3v) is 4.40. The van der Waals surface area contributed by atoms with E-state index in [1.807, 2.05) is 10.6 Å². The zero-order valence-electron chi connectivity index (χ0n) is 10.8. The minimum absolute atomic E-state index is 0.232. The van der Waals surface area contributed by atoms with Crippen molar-refractivity contribution >= 4 is 17.0 Å². The summed E-state index contributed by atoms with van der Waals surface area (Å²) in [5.74, 6) is 0.225. The van der Waals surface area contributed by atoms with Crippen LogP contribution in [-0.4, -0.2) is 21.8 Å². The number of halogens is 1. The SMILES string of the molecule is Cc1cc2c(cc1F)nc(N)n2C1CC2CCC1O2. The lowest BCUT2D eigenvalue weighted by Gasteiger charge is -2.22. The molecule has 2 aromatic rings. The number of hydrogen-bond acceptors (Lipinski definition) is 3. The molecule has 4 rings (SSSR count). The molecule has 3 atom stereocenters. The number of imidazole rings is 1. The fourth-order valence-corrected chi connectivity index (χ4v) is 3.47. The zero-order valence-corrected chi connectivity index (χ0v) is 10.8. The number of rotatable bonds is 1. The minimum Gasteiger partial charge on any atom is -0.373 e. The van der Waals surface area contributed by atoms with E-state index in [2.05, 4.69) is 4.98 Å². The molecule has 2 aliphatic heterocycles. The van der Waals surface area contributed by atoms with E-state index in [0.717, 1.165) is 24.8 Å². The summed E-state index contributed by atoms with van der Waals surface area (Å²) in [5.41, 5.74) is 8.20. The summed E-state index contributed by atoms with van der Waals surface area (Å²) >= 11 is 0. The summed E-state index contributed by atoms with van der Waals surface area (Å²) in [6.07, 6.45) is 3.79. The molecule has 3 unspecified atom stereocenters. The van der Waals surface area contributed by atoms with Crippen LogP contribution in [0.1, 0.15) is 30.9 Å². The Labute approximate surface area is 110 Å². The topological polar surface area (TPSA) is 53.1 Å². The highest BCUT2D eigenvalue weighted by Gasteiger charge is 2.42. The maximum absolute atomic E-state index is 13.6. The third-order valence-electron chi connectivity index (χ3n) is 4.40. The normalized spacial score (nSPS) is 29.5. The molecular formula is C14H16FN3O. The van der Waals surface area contributed by atoms with Gasteiger partial charge in [-0.05, 0) is 37.8 Å². The molecule has 5 heteroatoms. The molecule has 2 saturated heterocycles. The number of nitrogens with two attached hydrogens (primary N) is 1. The number of ether oxygens (including phenoxy) is 1. The molecule has 0 radical (unpaired) electrons. The Bertz CT molecular complexity index is 666. The Balaban J connectivity index is 1.89. The van der Waals surface area contributed by atoms with Crippen molar-refractivity contribution in [3.05, 3.63) is 23.5 Å². The molecule has 0 spiro atoms. The van der Waals surface area contributed by atoms with Crippen molar-refractivity contribution in [2.24, 2.45) is 0 Å². The largest absolute Gasteiger partial charge is 0.373 e. The smallest absolute Gasteiger partial charge is 0.201 e. The molecule has 19 heavy (non-hydrogen) atoms. The Kier molecular flexibility index (Phi) is 2.18. The molecule has 1 aromatic carbocycles. The van der Waals surface area contributed by atoms with Crippen LogP contribution in [0.15, 0.2) is 12.1 Å². The van der Waals surface area contributed by atoms with E-state index >= 15 is 0 Å². The summed E-state index contributed by atoms with van der Waals surface area (Å²) in [5, 5.41) is 0. The summed E-state index contributed by atoms with van der Waals surface area (Å²) < 4.78 is 21.5. The first-order chi connectivity index (χ1) is 9.13. The minimum atomic E-state index is -0.235. The first-order valence-electron chi connectivity index (χ1n) is 6.72. The van der Waals surface area contributed by atoms with Gasteiger partial charge in [-0.2, -0.15) is 0 Å². The number of anilines is 1. The summed E-state index contributed by atoms with van der Waals surface area (Å²) in [4.78, 5) is 4.29. The zero-order chi connectivity index (χ0) is 13.1. The summed E-state index contributed by atoms with van der Waals surface area (Å²) in [6.45, 7) is 1.76. The fraction of sp³-hybridized carbons (Fsp3) is 0.500. The van der Waals surface area contributed by atoms with Gasteiger partial charge in [-0.25, -0.2) is 9.37 Å². The molecule has 1 aromatic heterocycles. The average Bonchev–Trinajstić information content (AvgIpc) is 3.03. The van der Waals surface area contributed by atoms with Gasteiger partial charge in [-0.1, -0.05) is 0 Å². The molecule has 100 valence electrons. The van der Waals surface area contributed by atoms with Crippen molar-refractivity contribution in [3.8, 4) is 0 Å². The second-order valence-corrected chi connectivity index (χ2v) is 5.61. The van der Waals surface area contributed by atoms with Crippen LogP contribution in [0, 0.1) is 12.7 Å². The quantitative estimate of drug-likeness (QED) is 0.858. The lowest BCUT2D eigenvalue weighted by Crippen LogP contribution is -2.22. The Morgan fingerprint density at radius 3 is 2.95 bits per heavy atom. The van der Waals surface area contributed by atoms with Crippen molar-refractivity contribution in [2.75, 3.05) is 5.73 Å². The van der Waals surface area contributed by atoms with Gasteiger partial charge in [0.15, 0.2) is 0 Å². The molecule has 0 amide bonds. The lowest BCUT2D eigenvalue weighted by atomic mass is 9.95. The third kappa shape index (κ3) is 1.51. The van der Waals surface area contributed by atoms with Crippen molar-refractivity contribution in [2.45, 2.75) is 44.4 Å². The maximum atomic E-state index is 13.6. The van der Waals surface area contributed by atoms with Gasteiger partial charge < -0.3 is 15.0 Å². The average molecular weight is 261 g/mol. The van der Waals surface area contributed by atoms with Gasteiger partial charge >= 0.3 is 0 Å². The number of hydrogen-bond donors (Lipinski definition) is 1. The molecule has 2 N–H and O–H groups in total. The van der Waals surface area contributed by atoms with Gasteiger partial charge in [0, 0.05) is 6.07 Å². The molecule has 2 fully saturated rings. The first-order valence-corrected chi connectivity index (χ1v) is 6.72. The van der Waals surface area contributed by atoms with E-state index < -0.39 is 0 Å². The Hall–Kier alpha value is -1.62. The standard InChI is InChI=1S/C14H16FN3O/c1-7-4-11-10(6-9(7)15)17-14(16)18(11)12-5-8-2-3-13(12)19-8/h4,6,8,12-13H,2-3,5H2,1H3,(H2,16,17). The predicted octanol–water partition coefficient (Wildman–Crippen LogP) is 2.56. The number of benzene rings is 1. The van der Waals surface area contributed by atoms with Crippen LogP contribution < -0.4 is 5.73 Å². The highest BCUT2D eigenvalue weighted by Crippen LogP contribution is 2.43. The first kappa shape index (κ1) is 11.2. The molecule has 3 heterocycles. The van der Waals surface area contributed by atoms with E-state index in [1.54, 1.807) is 6.92 Å². The van der Waals surface area contributed by atoms with Crippen molar-refractivity contribution < 1.29 is 9.13 Å². The van der Waals surface area contributed by atoms with E-state index in [4.69, 9.17) is 10.5 Å². The highest BCUT2D eigenvalue weighted by atomic mass is 19.1. The van der Waals surface area contributed by atoms with Gasteiger partial charge in [0.2, 0.25) is 5.95 Å². The van der Waals surface area contributed by atoms with Crippen LogP contribution in [-0.2, 0) is 4.74 Å². The predicted molar refractivity (Wildman–Crippen MR) is 70.4 cm³/mol. The van der Waals surface area contributed by atoms with Gasteiger partial charge in [0.05, 0.1) is 29.3 Å².